The molecule has 1 aliphatic heterocycles. The Kier molecular flexibility index (Phi) is 11.3. The number of rotatable bonds is 11. The number of hydrogen-bond acceptors (Lipinski definition) is 6. The van der Waals surface area contributed by atoms with Gasteiger partial charge in [0, 0.05) is 35.3 Å². The van der Waals surface area contributed by atoms with E-state index in [1.807, 2.05) is 0 Å². The summed E-state index contributed by atoms with van der Waals surface area (Å²) in [7, 11) is -3.86. The van der Waals surface area contributed by atoms with E-state index in [9.17, 15) is 36.3 Å². The molecule has 2 atom stereocenters. The SMILES string of the molecule is C[C@@H](O)CNC(C)(C)CC(=O)N[C@@H]1CCc2cc(C(F)(F)F)ccc2N(Cc2ccc(-c3ccccc3S(=O)(=O)NC(C)(C)C)cc2)C1=O. The molecule has 2 amide bonds. The standard InChI is InChI=1S/C36H45F3N4O5S/c1-23(44)21-40-35(5,6)20-32(45)41-29-17-15-26-19-27(36(37,38)39)16-18-30(26)43(33(29)46)22-24-11-13-25(14-12-24)28-9-7-8-10-31(28)49(47,48)42-34(2,3)4/h7-14,16,18-19,23,29,40,42,44H,15,17,20-22H2,1-6H3,(H,41,45)/t23-,29-/m1/s1. The van der Waals surface area contributed by atoms with Crippen LogP contribution in [0, 0.1) is 0 Å². The van der Waals surface area contributed by atoms with Crippen molar-refractivity contribution in [2.45, 2.75) is 102 Å². The molecule has 49 heavy (non-hydrogen) atoms. The summed E-state index contributed by atoms with van der Waals surface area (Å²) in [5.74, 6) is -0.877. The molecule has 0 saturated carbocycles. The summed E-state index contributed by atoms with van der Waals surface area (Å²) in [6.07, 6.45) is -4.97. The van der Waals surface area contributed by atoms with Gasteiger partial charge in [-0.05, 0) is 95.3 Å². The molecule has 4 N–H and O–H groups in total. The number of benzene rings is 3. The molecular weight excluding hydrogens is 657 g/mol. The van der Waals surface area contributed by atoms with Gasteiger partial charge in [-0.3, -0.25) is 9.59 Å². The Balaban J connectivity index is 1.64. The first kappa shape index (κ1) is 38.0. The van der Waals surface area contributed by atoms with Crippen molar-refractivity contribution in [3.63, 3.8) is 0 Å². The van der Waals surface area contributed by atoms with Gasteiger partial charge in [-0.1, -0.05) is 42.5 Å². The number of carbonyl (C=O) groups is 2. The van der Waals surface area contributed by atoms with Gasteiger partial charge in [0.15, 0.2) is 0 Å². The van der Waals surface area contributed by atoms with Crippen molar-refractivity contribution < 1.29 is 36.3 Å². The number of nitrogens with zero attached hydrogens (tertiary/aromatic N) is 1. The number of amides is 2. The van der Waals surface area contributed by atoms with Gasteiger partial charge >= 0.3 is 6.18 Å². The van der Waals surface area contributed by atoms with E-state index in [1.165, 1.54) is 17.0 Å². The molecule has 13 heteroatoms. The van der Waals surface area contributed by atoms with Crippen LogP contribution in [0.1, 0.15) is 71.1 Å². The lowest BCUT2D eigenvalue weighted by molar-refractivity contribution is -0.137. The first-order valence-corrected chi connectivity index (χ1v) is 17.6. The number of halogens is 3. The molecule has 0 aromatic heterocycles. The highest BCUT2D eigenvalue weighted by molar-refractivity contribution is 7.89. The molecule has 0 fully saturated rings. The van der Waals surface area contributed by atoms with Crippen molar-refractivity contribution in [3.8, 4) is 11.1 Å². The van der Waals surface area contributed by atoms with Crippen molar-refractivity contribution in [2.75, 3.05) is 11.4 Å². The van der Waals surface area contributed by atoms with E-state index in [4.69, 9.17) is 0 Å². The second-order valence-electron chi connectivity index (χ2n) is 14.3. The van der Waals surface area contributed by atoms with Gasteiger partial charge in [0.25, 0.3) is 0 Å². The molecule has 3 aromatic rings. The lowest BCUT2D eigenvalue weighted by Gasteiger charge is -2.29. The van der Waals surface area contributed by atoms with Gasteiger partial charge in [0.2, 0.25) is 21.8 Å². The van der Waals surface area contributed by atoms with Crippen molar-refractivity contribution in [2.24, 2.45) is 0 Å². The van der Waals surface area contributed by atoms with Gasteiger partial charge in [-0.15, -0.1) is 0 Å². The van der Waals surface area contributed by atoms with Crippen LogP contribution in [0.2, 0.25) is 0 Å². The second kappa shape index (κ2) is 14.6. The summed E-state index contributed by atoms with van der Waals surface area (Å²) in [4.78, 5) is 28.7. The number of sulfonamides is 1. The Morgan fingerprint density at radius 3 is 2.27 bits per heavy atom. The zero-order valence-electron chi connectivity index (χ0n) is 28.6. The first-order chi connectivity index (χ1) is 22.6. The minimum atomic E-state index is -4.57. The molecule has 9 nitrogen and oxygen atoms in total. The highest BCUT2D eigenvalue weighted by Gasteiger charge is 2.36. The molecule has 1 aliphatic rings. The number of anilines is 1. The summed E-state index contributed by atoms with van der Waals surface area (Å²) >= 11 is 0. The minimum absolute atomic E-state index is 0.00139. The zero-order chi connectivity index (χ0) is 36.4. The average Bonchev–Trinajstić information content (AvgIpc) is 3.10. The number of carbonyl (C=O) groups excluding carboxylic acids is 2. The highest BCUT2D eigenvalue weighted by atomic mass is 32.2. The molecule has 0 aliphatic carbocycles. The van der Waals surface area contributed by atoms with Crippen molar-refractivity contribution in [3.05, 3.63) is 83.4 Å². The topological polar surface area (TPSA) is 128 Å². The van der Waals surface area contributed by atoms with Crippen LogP contribution in [-0.2, 0) is 38.8 Å². The number of hydrogen-bond donors (Lipinski definition) is 4. The lowest BCUT2D eigenvalue weighted by Crippen LogP contribution is -2.51. The molecule has 266 valence electrons. The van der Waals surface area contributed by atoms with Gasteiger partial charge in [0.1, 0.15) is 6.04 Å². The summed E-state index contributed by atoms with van der Waals surface area (Å²) in [5, 5.41) is 15.5. The van der Waals surface area contributed by atoms with E-state index in [-0.39, 0.29) is 37.2 Å². The van der Waals surface area contributed by atoms with E-state index in [2.05, 4.69) is 15.4 Å². The predicted molar refractivity (Wildman–Crippen MR) is 183 cm³/mol. The summed E-state index contributed by atoms with van der Waals surface area (Å²) in [6.45, 7) is 10.7. The lowest BCUT2D eigenvalue weighted by atomic mass is 9.99. The molecule has 0 unspecified atom stereocenters. The quantitative estimate of drug-likeness (QED) is 0.208. The number of alkyl halides is 3. The van der Waals surface area contributed by atoms with Crippen LogP contribution in [0.5, 0.6) is 0 Å². The maximum absolute atomic E-state index is 14.0. The van der Waals surface area contributed by atoms with Crippen LogP contribution in [0.15, 0.2) is 71.6 Å². The normalized spacial score (nSPS) is 16.6. The van der Waals surface area contributed by atoms with Crippen LogP contribution >= 0.6 is 0 Å². The fourth-order valence-electron chi connectivity index (χ4n) is 5.76. The Hall–Kier alpha value is -3.78. The number of aliphatic hydroxyl groups excluding tert-OH is 1. The van der Waals surface area contributed by atoms with Crippen LogP contribution in [0.25, 0.3) is 11.1 Å². The third-order valence-electron chi connectivity index (χ3n) is 8.00. The number of β-amino-alcohol motifs (C(OH)–C–C–N with tert-alkyl or cyclic N) is 1. The fourth-order valence-corrected chi connectivity index (χ4v) is 7.40. The molecule has 1 heterocycles. The fraction of sp³-hybridized carbons (Fsp3) is 0.444. The molecule has 0 saturated heterocycles. The number of aryl methyl sites for hydroxylation is 1. The first-order valence-electron chi connectivity index (χ1n) is 16.1. The average molecular weight is 703 g/mol. The van der Waals surface area contributed by atoms with Crippen molar-refractivity contribution in [1.29, 1.82) is 0 Å². The maximum Gasteiger partial charge on any atom is 0.416 e. The van der Waals surface area contributed by atoms with Crippen LogP contribution in [0.4, 0.5) is 18.9 Å². The minimum Gasteiger partial charge on any atom is -0.392 e. The van der Waals surface area contributed by atoms with Gasteiger partial charge in [0.05, 0.1) is 23.1 Å². The number of aliphatic hydroxyl groups is 1. The van der Waals surface area contributed by atoms with Gasteiger partial charge in [-0.2, -0.15) is 13.2 Å². The predicted octanol–water partition coefficient (Wildman–Crippen LogP) is 5.55. The molecule has 0 spiro atoms. The molecule has 3 aromatic carbocycles. The van der Waals surface area contributed by atoms with Crippen LogP contribution in [-0.4, -0.2) is 55.1 Å². The van der Waals surface area contributed by atoms with Gasteiger partial charge < -0.3 is 20.6 Å². The van der Waals surface area contributed by atoms with Crippen molar-refractivity contribution >= 4 is 27.5 Å². The van der Waals surface area contributed by atoms with Crippen molar-refractivity contribution in [1.82, 2.24) is 15.4 Å². The summed E-state index contributed by atoms with van der Waals surface area (Å²) in [6, 6.07) is 15.8. The van der Waals surface area contributed by atoms with Crippen LogP contribution in [0.3, 0.4) is 0 Å². The largest absolute Gasteiger partial charge is 0.416 e. The smallest absolute Gasteiger partial charge is 0.392 e. The zero-order valence-corrected chi connectivity index (χ0v) is 29.4. The van der Waals surface area contributed by atoms with E-state index < -0.39 is 56.8 Å². The third-order valence-corrected chi connectivity index (χ3v) is 9.82. The monoisotopic (exact) mass is 702 g/mol. The Bertz CT molecular complexity index is 1770. The Morgan fingerprint density at radius 1 is 1.00 bits per heavy atom. The Morgan fingerprint density at radius 2 is 1.65 bits per heavy atom. The summed E-state index contributed by atoms with van der Waals surface area (Å²) < 4.78 is 70.1. The van der Waals surface area contributed by atoms with E-state index >= 15 is 0 Å². The molecule has 0 radical (unpaired) electrons. The van der Waals surface area contributed by atoms with Gasteiger partial charge in [-0.25, -0.2) is 13.1 Å². The second-order valence-corrected chi connectivity index (χ2v) is 15.9. The van der Waals surface area contributed by atoms with E-state index in [1.54, 1.807) is 84.0 Å². The third kappa shape index (κ3) is 10.1. The number of fused-ring (bicyclic) bond motifs is 1. The maximum atomic E-state index is 14.0. The number of nitrogens with one attached hydrogen (secondary N) is 3. The molecule has 4 rings (SSSR count). The van der Waals surface area contributed by atoms with E-state index in [0.29, 0.717) is 27.9 Å². The Labute approximate surface area is 286 Å². The van der Waals surface area contributed by atoms with Crippen LogP contribution < -0.4 is 20.3 Å². The molecule has 0 bridgehead atoms. The highest BCUT2D eigenvalue weighted by Crippen LogP contribution is 2.36. The molecular formula is C36H45F3N4O5S. The summed E-state index contributed by atoms with van der Waals surface area (Å²) in [5.41, 5.74) is 0.182. The van der Waals surface area contributed by atoms with E-state index in [0.717, 1.165) is 12.1 Å².